The fourth-order valence-corrected chi connectivity index (χ4v) is 2.70. The van der Waals surface area contributed by atoms with E-state index >= 15 is 0 Å². The lowest BCUT2D eigenvalue weighted by Gasteiger charge is -2.09. The van der Waals surface area contributed by atoms with E-state index in [1.54, 1.807) is 44.4 Å². The van der Waals surface area contributed by atoms with E-state index in [1.807, 2.05) is 13.0 Å². The molecule has 0 radical (unpaired) electrons. The minimum Gasteiger partial charge on any atom is -0.493 e. The zero-order chi connectivity index (χ0) is 21.4. The quantitative estimate of drug-likeness (QED) is 0.506. The number of rotatable bonds is 8. The Morgan fingerprint density at radius 3 is 2.41 bits per heavy atom. The van der Waals surface area contributed by atoms with E-state index in [1.165, 1.54) is 7.11 Å². The number of aryl methyl sites for hydroxylation is 1. The fraction of sp³-hybridized carbons (Fsp3) is 0.286. The predicted molar refractivity (Wildman–Crippen MR) is 114 cm³/mol. The van der Waals surface area contributed by atoms with Crippen LogP contribution in [0.3, 0.4) is 0 Å². The van der Waals surface area contributed by atoms with Gasteiger partial charge in [0.2, 0.25) is 11.8 Å². The summed E-state index contributed by atoms with van der Waals surface area (Å²) in [5.41, 5.74) is 5.22. The highest BCUT2D eigenvalue weighted by Crippen LogP contribution is 2.27. The summed E-state index contributed by atoms with van der Waals surface area (Å²) in [7, 11) is 3.08. The predicted octanol–water partition coefficient (Wildman–Crippen LogP) is 3.73. The summed E-state index contributed by atoms with van der Waals surface area (Å²) < 4.78 is 10.4. The van der Waals surface area contributed by atoms with Gasteiger partial charge in [-0.05, 0) is 49.2 Å². The van der Waals surface area contributed by atoms with E-state index in [9.17, 15) is 9.59 Å². The molecule has 2 amide bonds. The average molecular weight is 418 g/mol. The van der Waals surface area contributed by atoms with Crippen LogP contribution in [0.5, 0.6) is 11.5 Å². The van der Waals surface area contributed by atoms with Gasteiger partial charge in [-0.2, -0.15) is 5.10 Å². The van der Waals surface area contributed by atoms with E-state index in [4.69, 9.17) is 21.1 Å². The maximum absolute atomic E-state index is 12.1. The van der Waals surface area contributed by atoms with Gasteiger partial charge in [0.1, 0.15) is 0 Å². The molecule has 8 heteroatoms. The van der Waals surface area contributed by atoms with Crippen molar-refractivity contribution in [3.05, 3.63) is 52.5 Å². The zero-order valence-electron chi connectivity index (χ0n) is 16.8. The molecule has 0 aliphatic carbocycles. The SMILES string of the molecule is COc1ccc(CC(=O)NN=C(C)CC(=O)Nc2ccc(C)c(Cl)c2)cc1OC. The van der Waals surface area contributed by atoms with Crippen LogP contribution < -0.4 is 20.2 Å². The van der Waals surface area contributed by atoms with Crippen molar-refractivity contribution in [1.29, 1.82) is 0 Å². The number of hydrazone groups is 1. The fourth-order valence-electron chi connectivity index (χ4n) is 2.52. The van der Waals surface area contributed by atoms with Gasteiger partial charge >= 0.3 is 0 Å². The number of nitrogens with one attached hydrogen (secondary N) is 2. The van der Waals surface area contributed by atoms with E-state index in [0.29, 0.717) is 27.9 Å². The number of hydrogen-bond donors (Lipinski definition) is 2. The van der Waals surface area contributed by atoms with Gasteiger partial charge in [0, 0.05) is 16.4 Å². The minimum absolute atomic E-state index is 0.0438. The smallest absolute Gasteiger partial charge is 0.244 e. The van der Waals surface area contributed by atoms with Gasteiger partial charge in [0.25, 0.3) is 0 Å². The molecule has 0 aliphatic rings. The first-order valence-electron chi connectivity index (χ1n) is 8.91. The zero-order valence-corrected chi connectivity index (χ0v) is 17.6. The van der Waals surface area contributed by atoms with Gasteiger partial charge < -0.3 is 14.8 Å². The van der Waals surface area contributed by atoms with Crippen LogP contribution in [0.2, 0.25) is 5.02 Å². The third kappa shape index (κ3) is 6.80. The van der Waals surface area contributed by atoms with Crippen LogP contribution in [0.15, 0.2) is 41.5 Å². The Bertz CT molecular complexity index is 928. The molecule has 2 aromatic rings. The van der Waals surface area contributed by atoms with Crippen LogP contribution in [0, 0.1) is 6.92 Å². The van der Waals surface area contributed by atoms with Gasteiger partial charge in [0.05, 0.1) is 27.1 Å². The maximum atomic E-state index is 12.1. The Morgan fingerprint density at radius 1 is 1.03 bits per heavy atom. The molecule has 0 heterocycles. The molecule has 0 aliphatic heterocycles. The first-order valence-corrected chi connectivity index (χ1v) is 9.29. The summed E-state index contributed by atoms with van der Waals surface area (Å²) in [4.78, 5) is 24.2. The molecule has 2 N–H and O–H groups in total. The van der Waals surface area contributed by atoms with Crippen molar-refractivity contribution in [2.75, 3.05) is 19.5 Å². The number of halogens is 1. The van der Waals surface area contributed by atoms with Crippen LogP contribution in [0.25, 0.3) is 0 Å². The first kappa shape index (κ1) is 22.2. The number of benzene rings is 2. The van der Waals surface area contributed by atoms with Crippen molar-refractivity contribution >= 4 is 34.8 Å². The van der Waals surface area contributed by atoms with Crippen molar-refractivity contribution in [1.82, 2.24) is 5.43 Å². The number of carbonyl (C=O) groups is 2. The van der Waals surface area contributed by atoms with Crippen molar-refractivity contribution < 1.29 is 19.1 Å². The van der Waals surface area contributed by atoms with Crippen LogP contribution in [0.1, 0.15) is 24.5 Å². The maximum Gasteiger partial charge on any atom is 0.244 e. The van der Waals surface area contributed by atoms with Crippen molar-refractivity contribution in [3.63, 3.8) is 0 Å². The van der Waals surface area contributed by atoms with Crippen molar-refractivity contribution in [2.24, 2.45) is 5.10 Å². The number of amides is 2. The largest absolute Gasteiger partial charge is 0.493 e. The molecule has 0 spiro atoms. The van der Waals surface area contributed by atoms with Crippen LogP contribution in [0.4, 0.5) is 5.69 Å². The van der Waals surface area contributed by atoms with E-state index in [2.05, 4.69) is 15.8 Å². The Labute approximate surface area is 175 Å². The third-order valence-electron chi connectivity index (χ3n) is 4.06. The summed E-state index contributed by atoms with van der Waals surface area (Å²) in [6.07, 6.45) is 0.160. The van der Waals surface area contributed by atoms with E-state index in [0.717, 1.165) is 11.1 Å². The summed E-state index contributed by atoms with van der Waals surface area (Å²) in [6, 6.07) is 10.5. The summed E-state index contributed by atoms with van der Waals surface area (Å²) in [6.45, 7) is 3.55. The molecular weight excluding hydrogens is 394 g/mol. The third-order valence-corrected chi connectivity index (χ3v) is 4.46. The number of methoxy groups -OCH3 is 2. The second-order valence-corrected chi connectivity index (χ2v) is 6.84. The minimum atomic E-state index is -0.303. The van der Waals surface area contributed by atoms with Crippen LogP contribution in [-0.2, 0) is 16.0 Å². The molecule has 0 saturated carbocycles. The molecule has 0 atom stereocenters. The van der Waals surface area contributed by atoms with Gasteiger partial charge in [-0.3, -0.25) is 9.59 Å². The number of ether oxygens (including phenoxy) is 2. The first-order chi connectivity index (χ1) is 13.8. The molecule has 0 fully saturated rings. The standard InChI is InChI=1S/C21H24ClN3O4/c1-13-5-7-16(12-17(13)22)23-20(26)9-14(2)24-25-21(27)11-15-6-8-18(28-3)19(10-15)29-4/h5-8,10,12H,9,11H2,1-4H3,(H,23,26)(H,25,27). The lowest BCUT2D eigenvalue weighted by Crippen LogP contribution is -2.23. The molecule has 0 unspecified atom stereocenters. The summed E-state index contributed by atoms with van der Waals surface area (Å²) in [5.74, 6) is 0.583. The molecular formula is C21H24ClN3O4. The Balaban J connectivity index is 1.87. The summed E-state index contributed by atoms with van der Waals surface area (Å²) >= 11 is 6.05. The average Bonchev–Trinajstić information content (AvgIpc) is 2.69. The number of anilines is 1. The van der Waals surface area contributed by atoms with Crippen LogP contribution in [-0.4, -0.2) is 31.7 Å². The highest BCUT2D eigenvalue weighted by molar-refractivity contribution is 6.31. The number of nitrogens with zero attached hydrogens (tertiary/aromatic N) is 1. The molecule has 0 aromatic heterocycles. The molecule has 2 rings (SSSR count). The Kier molecular flexibility index (Phi) is 8.03. The molecule has 154 valence electrons. The monoisotopic (exact) mass is 417 g/mol. The lowest BCUT2D eigenvalue weighted by atomic mass is 10.1. The van der Waals surface area contributed by atoms with Crippen LogP contribution >= 0.6 is 11.6 Å². The highest BCUT2D eigenvalue weighted by atomic mass is 35.5. The second kappa shape index (κ2) is 10.5. The van der Waals surface area contributed by atoms with Gasteiger partial charge in [-0.25, -0.2) is 5.43 Å². The number of hydrogen-bond acceptors (Lipinski definition) is 5. The molecule has 2 aromatic carbocycles. The molecule has 0 saturated heterocycles. The molecule has 0 bridgehead atoms. The van der Waals surface area contributed by atoms with E-state index in [-0.39, 0.29) is 24.7 Å². The molecule has 29 heavy (non-hydrogen) atoms. The normalized spacial score (nSPS) is 11.0. The Hall–Kier alpha value is -3.06. The topological polar surface area (TPSA) is 89.0 Å². The van der Waals surface area contributed by atoms with Gasteiger partial charge in [-0.15, -0.1) is 0 Å². The lowest BCUT2D eigenvalue weighted by molar-refractivity contribution is -0.120. The van der Waals surface area contributed by atoms with Gasteiger partial charge in [0.15, 0.2) is 11.5 Å². The van der Waals surface area contributed by atoms with Gasteiger partial charge in [-0.1, -0.05) is 23.7 Å². The number of carbonyl (C=O) groups excluding carboxylic acids is 2. The molecule has 7 nitrogen and oxygen atoms in total. The Morgan fingerprint density at radius 2 is 1.76 bits per heavy atom. The second-order valence-electron chi connectivity index (χ2n) is 6.44. The van der Waals surface area contributed by atoms with E-state index < -0.39 is 0 Å². The van der Waals surface area contributed by atoms with Crippen molar-refractivity contribution in [3.8, 4) is 11.5 Å². The van der Waals surface area contributed by atoms with Crippen molar-refractivity contribution in [2.45, 2.75) is 26.7 Å². The summed E-state index contributed by atoms with van der Waals surface area (Å²) in [5, 5.41) is 7.31. The highest BCUT2D eigenvalue weighted by Gasteiger charge is 2.09.